The summed E-state index contributed by atoms with van der Waals surface area (Å²) in [5.41, 5.74) is 2.87. The Labute approximate surface area is 138 Å². The van der Waals surface area contributed by atoms with E-state index in [0.717, 1.165) is 22.7 Å². The van der Waals surface area contributed by atoms with Crippen molar-refractivity contribution in [2.75, 3.05) is 0 Å². The zero-order valence-electron chi connectivity index (χ0n) is 12.3. The van der Waals surface area contributed by atoms with Gasteiger partial charge in [0.15, 0.2) is 0 Å². The van der Waals surface area contributed by atoms with Gasteiger partial charge in [0.1, 0.15) is 5.82 Å². The summed E-state index contributed by atoms with van der Waals surface area (Å²) in [4.78, 5) is 4.43. The highest BCUT2D eigenvalue weighted by molar-refractivity contribution is 7.98. The highest BCUT2D eigenvalue weighted by Crippen LogP contribution is 2.20. The van der Waals surface area contributed by atoms with Crippen molar-refractivity contribution in [2.24, 2.45) is 0 Å². The monoisotopic (exact) mass is 318 g/mol. The molecular weight excluding hydrogens is 304 g/mol. The maximum absolute atomic E-state index is 8.91. The molecule has 0 spiro atoms. The van der Waals surface area contributed by atoms with Crippen molar-refractivity contribution in [2.45, 2.75) is 10.9 Å². The molecule has 1 heterocycles. The van der Waals surface area contributed by atoms with Crippen LogP contribution in [0.25, 0.3) is 12.2 Å². The van der Waals surface area contributed by atoms with E-state index in [1.54, 1.807) is 6.07 Å². The van der Waals surface area contributed by atoms with Gasteiger partial charge < -0.3 is 0 Å². The first-order chi connectivity index (χ1) is 11.3. The molecule has 0 atom stereocenters. The molecule has 4 nitrogen and oxygen atoms in total. The van der Waals surface area contributed by atoms with Gasteiger partial charge >= 0.3 is 0 Å². The number of nitrogens with zero attached hydrogens (tertiary/aromatic N) is 3. The van der Waals surface area contributed by atoms with Crippen molar-refractivity contribution >= 4 is 23.9 Å². The summed E-state index contributed by atoms with van der Waals surface area (Å²) >= 11 is 1.54. The average molecular weight is 318 g/mol. The minimum atomic E-state index is 0.671. The Hall–Kier alpha value is -2.84. The normalized spacial score (nSPS) is 10.7. The molecule has 3 aromatic rings. The fourth-order valence-corrected chi connectivity index (χ4v) is 2.76. The van der Waals surface area contributed by atoms with Crippen molar-refractivity contribution in [3.63, 3.8) is 0 Å². The second-order valence-corrected chi connectivity index (χ2v) is 5.79. The third-order valence-electron chi connectivity index (χ3n) is 3.14. The van der Waals surface area contributed by atoms with Gasteiger partial charge in [0.25, 0.3) is 0 Å². The fourth-order valence-electron chi connectivity index (χ4n) is 2.02. The zero-order chi connectivity index (χ0) is 15.9. The van der Waals surface area contributed by atoms with Crippen LogP contribution < -0.4 is 0 Å². The van der Waals surface area contributed by atoms with E-state index in [0.29, 0.717) is 10.7 Å². The van der Waals surface area contributed by atoms with E-state index in [-0.39, 0.29) is 0 Å². The minimum Gasteiger partial charge on any atom is -0.259 e. The largest absolute Gasteiger partial charge is 0.259 e. The van der Waals surface area contributed by atoms with Crippen molar-refractivity contribution in [3.8, 4) is 6.07 Å². The van der Waals surface area contributed by atoms with Crippen LogP contribution in [0, 0.1) is 11.3 Å². The molecule has 23 heavy (non-hydrogen) atoms. The Bertz CT molecular complexity index is 847. The molecule has 3 rings (SSSR count). The van der Waals surface area contributed by atoms with E-state index >= 15 is 0 Å². The second kappa shape index (κ2) is 7.43. The van der Waals surface area contributed by atoms with Crippen molar-refractivity contribution in [1.29, 1.82) is 5.26 Å². The summed E-state index contributed by atoms with van der Waals surface area (Å²) in [6, 6.07) is 19.8. The highest BCUT2D eigenvalue weighted by atomic mass is 32.2. The molecule has 112 valence electrons. The number of H-pyrrole nitrogens is 1. The lowest BCUT2D eigenvalue weighted by atomic mass is 10.2. The number of aromatic nitrogens is 3. The van der Waals surface area contributed by atoms with Crippen molar-refractivity contribution < 1.29 is 0 Å². The van der Waals surface area contributed by atoms with E-state index < -0.39 is 0 Å². The molecule has 0 aliphatic carbocycles. The number of thioether (sulfide) groups is 1. The molecule has 5 heteroatoms. The Balaban J connectivity index is 1.61. The highest BCUT2D eigenvalue weighted by Gasteiger charge is 2.03. The Morgan fingerprint density at radius 1 is 1.09 bits per heavy atom. The molecule has 2 aromatic carbocycles. The quantitative estimate of drug-likeness (QED) is 0.718. The second-order valence-electron chi connectivity index (χ2n) is 4.85. The number of rotatable bonds is 5. The Morgan fingerprint density at radius 2 is 1.96 bits per heavy atom. The zero-order valence-corrected chi connectivity index (χ0v) is 13.1. The summed E-state index contributed by atoms with van der Waals surface area (Å²) in [7, 11) is 0. The molecule has 0 saturated heterocycles. The van der Waals surface area contributed by atoms with Crippen LogP contribution >= 0.6 is 11.8 Å². The molecule has 0 saturated carbocycles. The molecule has 0 fully saturated rings. The molecule has 0 aliphatic rings. The van der Waals surface area contributed by atoms with Gasteiger partial charge in [-0.3, -0.25) is 5.10 Å². The lowest BCUT2D eigenvalue weighted by Gasteiger charge is -1.98. The van der Waals surface area contributed by atoms with Crippen LogP contribution in [0.1, 0.15) is 22.5 Å². The molecule has 1 aromatic heterocycles. The van der Waals surface area contributed by atoms with Crippen LogP contribution in [0.2, 0.25) is 0 Å². The number of aromatic amines is 1. The minimum absolute atomic E-state index is 0.671. The SMILES string of the molecule is N#Cc1cccc(CSc2n[nH]c(/C=C/c3ccccc3)n2)c1. The van der Waals surface area contributed by atoms with Crippen LogP contribution in [0.15, 0.2) is 59.8 Å². The lowest BCUT2D eigenvalue weighted by molar-refractivity contribution is 0.972. The molecule has 0 radical (unpaired) electrons. The third-order valence-corrected chi connectivity index (χ3v) is 4.06. The lowest BCUT2D eigenvalue weighted by Crippen LogP contribution is -1.83. The molecule has 0 unspecified atom stereocenters. The van der Waals surface area contributed by atoms with Gasteiger partial charge in [-0.1, -0.05) is 60.3 Å². The van der Waals surface area contributed by atoms with Crippen LogP contribution in [0.3, 0.4) is 0 Å². The fraction of sp³-hybridized carbons (Fsp3) is 0.0556. The molecular formula is C18H14N4S. The van der Waals surface area contributed by atoms with Gasteiger partial charge in [0.2, 0.25) is 5.16 Å². The summed E-state index contributed by atoms with van der Waals surface area (Å²) in [5.74, 6) is 1.46. The molecule has 0 amide bonds. The Kier molecular flexibility index (Phi) is 4.87. The number of benzene rings is 2. The van der Waals surface area contributed by atoms with Crippen molar-refractivity contribution in [1.82, 2.24) is 15.2 Å². The predicted octanol–water partition coefficient (Wildman–Crippen LogP) is 4.14. The van der Waals surface area contributed by atoms with E-state index in [2.05, 4.69) is 21.3 Å². The average Bonchev–Trinajstić information content (AvgIpc) is 3.07. The van der Waals surface area contributed by atoms with Crippen LogP contribution in [0.4, 0.5) is 0 Å². The predicted molar refractivity (Wildman–Crippen MR) is 92.5 cm³/mol. The van der Waals surface area contributed by atoms with E-state index in [1.165, 1.54) is 11.8 Å². The van der Waals surface area contributed by atoms with Gasteiger partial charge in [-0.2, -0.15) is 5.26 Å². The van der Waals surface area contributed by atoms with E-state index in [4.69, 9.17) is 5.26 Å². The topological polar surface area (TPSA) is 65.4 Å². The van der Waals surface area contributed by atoms with Gasteiger partial charge in [0, 0.05) is 5.75 Å². The summed E-state index contributed by atoms with van der Waals surface area (Å²) in [6.45, 7) is 0. The smallest absolute Gasteiger partial charge is 0.209 e. The summed E-state index contributed by atoms with van der Waals surface area (Å²) in [6.07, 6.45) is 3.90. The first-order valence-electron chi connectivity index (χ1n) is 7.11. The van der Waals surface area contributed by atoms with Crippen LogP contribution in [0.5, 0.6) is 0 Å². The van der Waals surface area contributed by atoms with Gasteiger partial charge in [-0.25, -0.2) is 4.98 Å². The number of hydrogen-bond donors (Lipinski definition) is 1. The number of nitriles is 1. The standard InChI is InChI=1S/C18H14N4S/c19-12-15-7-4-8-16(11-15)13-23-18-20-17(21-22-18)10-9-14-5-2-1-3-6-14/h1-11H,13H2,(H,20,21,22)/b10-9+. The van der Waals surface area contributed by atoms with Crippen LogP contribution in [-0.4, -0.2) is 15.2 Å². The molecule has 0 bridgehead atoms. The third kappa shape index (κ3) is 4.31. The summed E-state index contributed by atoms with van der Waals surface area (Å²) < 4.78 is 0. The van der Waals surface area contributed by atoms with Gasteiger partial charge in [-0.05, 0) is 29.3 Å². The van der Waals surface area contributed by atoms with Crippen LogP contribution in [-0.2, 0) is 5.75 Å². The maximum Gasteiger partial charge on any atom is 0.209 e. The maximum atomic E-state index is 8.91. The summed E-state index contributed by atoms with van der Waals surface area (Å²) in [5, 5.41) is 16.7. The number of hydrogen-bond acceptors (Lipinski definition) is 4. The van der Waals surface area contributed by atoms with Gasteiger partial charge in [-0.15, -0.1) is 5.10 Å². The molecule has 1 N–H and O–H groups in total. The first-order valence-corrected chi connectivity index (χ1v) is 8.09. The first kappa shape index (κ1) is 15.1. The Morgan fingerprint density at radius 3 is 2.78 bits per heavy atom. The van der Waals surface area contributed by atoms with E-state index in [9.17, 15) is 0 Å². The van der Waals surface area contributed by atoms with Gasteiger partial charge in [0.05, 0.1) is 11.6 Å². The van der Waals surface area contributed by atoms with E-state index in [1.807, 2.05) is 60.7 Å². The molecule has 0 aliphatic heterocycles. The number of nitrogens with one attached hydrogen (secondary N) is 1. The van der Waals surface area contributed by atoms with Crippen molar-refractivity contribution in [3.05, 3.63) is 77.1 Å².